The second kappa shape index (κ2) is 5.79. The molecule has 7 heteroatoms. The zero-order valence-corrected chi connectivity index (χ0v) is 12.1. The minimum Gasteiger partial charge on any atom is -0.495 e. The first kappa shape index (κ1) is 14.1. The van der Waals surface area contributed by atoms with Gasteiger partial charge in [0, 0.05) is 11.8 Å². The van der Waals surface area contributed by atoms with Gasteiger partial charge in [-0.1, -0.05) is 0 Å². The van der Waals surface area contributed by atoms with E-state index in [1.807, 2.05) is 0 Å². The van der Waals surface area contributed by atoms with Crippen molar-refractivity contribution in [1.82, 2.24) is 4.98 Å². The van der Waals surface area contributed by atoms with E-state index in [4.69, 9.17) is 15.6 Å². The van der Waals surface area contributed by atoms with Gasteiger partial charge in [-0.25, -0.2) is 9.78 Å². The van der Waals surface area contributed by atoms with Gasteiger partial charge in [0.1, 0.15) is 5.75 Å². The zero-order valence-electron chi connectivity index (χ0n) is 10.6. The predicted octanol–water partition coefficient (Wildman–Crippen LogP) is 2.88. The number of carbonyl (C=O) groups is 1. The maximum atomic E-state index is 10.9. The van der Waals surface area contributed by atoms with E-state index < -0.39 is 5.97 Å². The lowest BCUT2D eigenvalue weighted by atomic mass is 10.2. The van der Waals surface area contributed by atoms with E-state index in [1.54, 1.807) is 25.3 Å². The van der Waals surface area contributed by atoms with Gasteiger partial charge in [0.25, 0.3) is 0 Å². The Hall–Kier alpha value is -2.28. The number of nitrogens with one attached hydrogen (secondary N) is 1. The molecule has 0 bridgehead atoms. The van der Waals surface area contributed by atoms with Crippen molar-refractivity contribution in [2.45, 2.75) is 0 Å². The van der Waals surface area contributed by atoms with Crippen molar-refractivity contribution in [2.24, 2.45) is 0 Å². The summed E-state index contributed by atoms with van der Waals surface area (Å²) in [5.41, 5.74) is 6.75. The first-order valence-electron chi connectivity index (χ1n) is 5.61. The number of nitrogens with two attached hydrogens (primary N) is 1. The summed E-state index contributed by atoms with van der Waals surface area (Å²) in [7, 11) is 1.56. The molecule has 1 heterocycles. The average molecular weight is 338 g/mol. The molecule has 0 aliphatic heterocycles. The normalized spacial score (nSPS) is 10.1. The topological polar surface area (TPSA) is 97.5 Å². The van der Waals surface area contributed by atoms with Crippen LogP contribution in [0.3, 0.4) is 0 Å². The van der Waals surface area contributed by atoms with Crippen LogP contribution in [0.5, 0.6) is 5.75 Å². The maximum absolute atomic E-state index is 10.9. The molecular formula is C13H12BrN3O3. The lowest BCUT2D eigenvalue weighted by molar-refractivity contribution is 0.0690. The zero-order chi connectivity index (χ0) is 14.7. The molecule has 2 rings (SSSR count). The third kappa shape index (κ3) is 3.00. The Labute approximate surface area is 123 Å². The summed E-state index contributed by atoms with van der Waals surface area (Å²) >= 11 is 3.35. The number of aromatic nitrogens is 1. The number of rotatable bonds is 4. The molecule has 0 aliphatic carbocycles. The van der Waals surface area contributed by atoms with Crippen molar-refractivity contribution in [1.29, 1.82) is 0 Å². The molecule has 0 aliphatic rings. The molecule has 6 nitrogen and oxygen atoms in total. The SMILES string of the molecule is COc1cc(Nc2nc(C(=O)O)ccc2N)ccc1Br. The van der Waals surface area contributed by atoms with Crippen LogP contribution in [0.2, 0.25) is 0 Å². The predicted molar refractivity (Wildman–Crippen MR) is 79.6 cm³/mol. The van der Waals surface area contributed by atoms with Gasteiger partial charge in [-0.15, -0.1) is 0 Å². The second-order valence-electron chi connectivity index (χ2n) is 3.91. The number of hydrogen-bond acceptors (Lipinski definition) is 5. The van der Waals surface area contributed by atoms with E-state index in [-0.39, 0.29) is 11.5 Å². The number of methoxy groups -OCH3 is 1. The highest BCUT2D eigenvalue weighted by molar-refractivity contribution is 9.10. The number of benzene rings is 1. The van der Waals surface area contributed by atoms with E-state index in [9.17, 15) is 4.79 Å². The van der Waals surface area contributed by atoms with Crippen molar-refractivity contribution in [3.05, 3.63) is 40.5 Å². The van der Waals surface area contributed by atoms with Crippen molar-refractivity contribution >= 4 is 39.1 Å². The quantitative estimate of drug-likeness (QED) is 0.793. The minimum absolute atomic E-state index is 0.0780. The number of anilines is 3. The van der Waals surface area contributed by atoms with E-state index in [1.165, 1.54) is 12.1 Å². The molecule has 0 radical (unpaired) electrons. The molecule has 0 fully saturated rings. The summed E-state index contributed by atoms with van der Waals surface area (Å²) in [5.74, 6) is -0.182. The first-order valence-corrected chi connectivity index (χ1v) is 6.41. The highest BCUT2D eigenvalue weighted by atomic mass is 79.9. The molecular weight excluding hydrogens is 326 g/mol. The van der Waals surface area contributed by atoms with Gasteiger partial charge >= 0.3 is 5.97 Å². The Balaban J connectivity index is 2.34. The number of hydrogen-bond donors (Lipinski definition) is 3. The molecule has 104 valence electrons. The summed E-state index contributed by atoms with van der Waals surface area (Å²) in [4.78, 5) is 14.9. The van der Waals surface area contributed by atoms with Crippen molar-refractivity contribution < 1.29 is 14.6 Å². The summed E-state index contributed by atoms with van der Waals surface area (Å²) in [6, 6.07) is 8.19. The van der Waals surface area contributed by atoms with Crippen molar-refractivity contribution in [2.75, 3.05) is 18.2 Å². The number of carboxylic acid groups (broad SMARTS) is 1. The van der Waals surface area contributed by atoms with Crippen LogP contribution < -0.4 is 15.8 Å². The van der Waals surface area contributed by atoms with Gasteiger partial charge < -0.3 is 20.9 Å². The third-order valence-corrected chi connectivity index (χ3v) is 3.21. The molecule has 0 saturated carbocycles. The number of halogens is 1. The molecule has 0 spiro atoms. The minimum atomic E-state index is -1.11. The van der Waals surface area contributed by atoms with Gasteiger partial charge in [0.05, 0.1) is 17.3 Å². The molecule has 2 aromatic rings. The van der Waals surface area contributed by atoms with Crippen molar-refractivity contribution in [3.63, 3.8) is 0 Å². The summed E-state index contributed by atoms with van der Waals surface area (Å²) in [5, 5.41) is 11.9. The van der Waals surface area contributed by atoms with Crippen LogP contribution in [-0.4, -0.2) is 23.2 Å². The number of nitrogen functional groups attached to an aromatic ring is 1. The lowest BCUT2D eigenvalue weighted by Crippen LogP contribution is -2.05. The Kier molecular flexibility index (Phi) is 4.09. The van der Waals surface area contributed by atoms with Gasteiger partial charge in [-0.3, -0.25) is 0 Å². The standard InChI is InChI=1S/C13H12BrN3O3/c1-20-11-6-7(2-3-8(11)14)16-12-9(15)4-5-10(17-12)13(18)19/h2-6H,15H2,1H3,(H,16,17)(H,18,19). The van der Waals surface area contributed by atoms with Gasteiger partial charge in [-0.05, 0) is 40.2 Å². The van der Waals surface area contributed by atoms with Crippen LogP contribution in [0.1, 0.15) is 10.5 Å². The molecule has 0 unspecified atom stereocenters. The van der Waals surface area contributed by atoms with Gasteiger partial charge in [0.2, 0.25) is 0 Å². The number of nitrogens with zero attached hydrogens (tertiary/aromatic N) is 1. The monoisotopic (exact) mass is 337 g/mol. The number of ether oxygens (including phenoxy) is 1. The smallest absolute Gasteiger partial charge is 0.354 e. The molecule has 1 aromatic heterocycles. The summed E-state index contributed by atoms with van der Waals surface area (Å²) in [6.07, 6.45) is 0. The van der Waals surface area contributed by atoms with Crippen LogP contribution >= 0.6 is 15.9 Å². The number of carboxylic acids is 1. The largest absolute Gasteiger partial charge is 0.495 e. The van der Waals surface area contributed by atoms with Crippen LogP contribution in [0, 0.1) is 0 Å². The second-order valence-corrected chi connectivity index (χ2v) is 4.77. The van der Waals surface area contributed by atoms with Crippen LogP contribution in [-0.2, 0) is 0 Å². The Morgan fingerprint density at radius 3 is 2.80 bits per heavy atom. The molecule has 4 N–H and O–H groups in total. The summed E-state index contributed by atoms with van der Waals surface area (Å²) in [6.45, 7) is 0. The van der Waals surface area contributed by atoms with Gasteiger partial charge in [0.15, 0.2) is 11.5 Å². The molecule has 0 amide bonds. The molecule has 20 heavy (non-hydrogen) atoms. The summed E-state index contributed by atoms with van der Waals surface area (Å²) < 4.78 is 5.99. The lowest BCUT2D eigenvalue weighted by Gasteiger charge is -2.11. The fourth-order valence-corrected chi connectivity index (χ4v) is 1.97. The van der Waals surface area contributed by atoms with E-state index in [2.05, 4.69) is 26.2 Å². The van der Waals surface area contributed by atoms with E-state index >= 15 is 0 Å². The van der Waals surface area contributed by atoms with E-state index in [0.29, 0.717) is 17.1 Å². The fraction of sp³-hybridized carbons (Fsp3) is 0.0769. The molecule has 0 saturated heterocycles. The van der Waals surface area contributed by atoms with Crippen molar-refractivity contribution in [3.8, 4) is 5.75 Å². The Morgan fingerprint density at radius 2 is 2.15 bits per heavy atom. The van der Waals surface area contributed by atoms with Gasteiger partial charge in [-0.2, -0.15) is 0 Å². The Bertz CT molecular complexity index is 661. The third-order valence-electron chi connectivity index (χ3n) is 2.56. The fourth-order valence-electron chi connectivity index (χ4n) is 1.56. The molecule has 0 atom stereocenters. The highest BCUT2D eigenvalue weighted by Crippen LogP contribution is 2.30. The number of pyridine rings is 1. The average Bonchev–Trinajstić information content (AvgIpc) is 2.43. The van der Waals surface area contributed by atoms with Crippen LogP contribution in [0.15, 0.2) is 34.8 Å². The number of aromatic carboxylic acids is 1. The van der Waals surface area contributed by atoms with Crippen LogP contribution in [0.25, 0.3) is 0 Å². The van der Waals surface area contributed by atoms with E-state index in [0.717, 1.165) is 4.47 Å². The maximum Gasteiger partial charge on any atom is 0.354 e. The van der Waals surface area contributed by atoms with Crippen LogP contribution in [0.4, 0.5) is 17.2 Å². The first-order chi connectivity index (χ1) is 9.51. The Morgan fingerprint density at radius 1 is 1.40 bits per heavy atom. The highest BCUT2D eigenvalue weighted by Gasteiger charge is 2.09. The molecule has 1 aromatic carbocycles.